The van der Waals surface area contributed by atoms with Crippen LogP contribution in [-0.4, -0.2) is 14.7 Å². The lowest BCUT2D eigenvalue weighted by Crippen LogP contribution is -2.02. The molecule has 0 aliphatic carbocycles. The average molecular weight is 295 g/mol. The first-order valence-corrected chi connectivity index (χ1v) is 6.67. The van der Waals surface area contributed by atoms with Gasteiger partial charge in [0.15, 0.2) is 0 Å². The van der Waals surface area contributed by atoms with Crippen molar-refractivity contribution < 1.29 is 4.92 Å². The molecule has 0 bridgehead atoms. The van der Waals surface area contributed by atoms with E-state index in [0.717, 1.165) is 18.5 Å². The summed E-state index contributed by atoms with van der Waals surface area (Å²) in [5.74, 6) is 0. The molecule has 0 aliphatic heterocycles. The third kappa shape index (κ3) is 3.48. The van der Waals surface area contributed by atoms with Crippen molar-refractivity contribution in [2.24, 2.45) is 0 Å². The fraction of sp³-hybridized carbons (Fsp3) is 0.308. The van der Waals surface area contributed by atoms with Gasteiger partial charge in [-0.05, 0) is 18.6 Å². The fourth-order valence-electron chi connectivity index (χ4n) is 1.86. The van der Waals surface area contributed by atoms with Gasteiger partial charge in [0, 0.05) is 35.9 Å². The van der Waals surface area contributed by atoms with Crippen LogP contribution in [0.2, 0.25) is 5.02 Å². The molecule has 20 heavy (non-hydrogen) atoms. The van der Waals surface area contributed by atoms with Gasteiger partial charge in [-0.3, -0.25) is 14.8 Å². The molecule has 1 aromatic heterocycles. The maximum atomic E-state index is 10.9. The predicted octanol–water partition coefficient (Wildman–Crippen LogP) is 3.47. The molecule has 0 atom stereocenters. The van der Waals surface area contributed by atoms with Crippen LogP contribution in [0.25, 0.3) is 0 Å². The number of aryl methyl sites for hydroxylation is 1. The van der Waals surface area contributed by atoms with Crippen LogP contribution in [0.5, 0.6) is 0 Å². The summed E-state index contributed by atoms with van der Waals surface area (Å²) in [6.45, 7) is 3.40. The highest BCUT2D eigenvalue weighted by Crippen LogP contribution is 2.27. The summed E-state index contributed by atoms with van der Waals surface area (Å²) in [6, 6.07) is 4.45. The Morgan fingerprint density at radius 3 is 3.00 bits per heavy atom. The van der Waals surface area contributed by atoms with Crippen LogP contribution >= 0.6 is 11.6 Å². The highest BCUT2D eigenvalue weighted by atomic mass is 35.5. The van der Waals surface area contributed by atoms with Crippen LogP contribution < -0.4 is 5.32 Å². The van der Waals surface area contributed by atoms with Crippen molar-refractivity contribution >= 4 is 23.0 Å². The van der Waals surface area contributed by atoms with Gasteiger partial charge < -0.3 is 5.32 Å². The minimum atomic E-state index is -0.431. The maximum absolute atomic E-state index is 10.9. The molecule has 7 heteroatoms. The number of nitro benzene ring substituents is 1. The molecule has 2 rings (SSSR count). The molecule has 106 valence electrons. The van der Waals surface area contributed by atoms with E-state index in [0.29, 0.717) is 17.3 Å². The molecule has 0 spiro atoms. The topological polar surface area (TPSA) is 73.0 Å². The Morgan fingerprint density at radius 2 is 2.30 bits per heavy atom. The Kier molecular flexibility index (Phi) is 4.57. The summed E-state index contributed by atoms with van der Waals surface area (Å²) in [5, 5.41) is 18.6. The van der Waals surface area contributed by atoms with Gasteiger partial charge in [0.05, 0.1) is 11.1 Å². The number of anilines is 1. The molecule has 6 nitrogen and oxygen atoms in total. The lowest BCUT2D eigenvalue weighted by atomic mass is 10.2. The van der Waals surface area contributed by atoms with Gasteiger partial charge in [0.1, 0.15) is 5.69 Å². The van der Waals surface area contributed by atoms with E-state index >= 15 is 0 Å². The summed E-state index contributed by atoms with van der Waals surface area (Å²) >= 11 is 5.87. The Balaban J connectivity index is 2.09. The zero-order chi connectivity index (χ0) is 14.5. The fourth-order valence-corrected chi connectivity index (χ4v) is 2.03. The monoisotopic (exact) mass is 294 g/mol. The highest BCUT2D eigenvalue weighted by molar-refractivity contribution is 6.31. The standard InChI is InChI=1S/C13H15ClN4O2/c1-2-5-17-9-10(8-16-17)7-15-12-6-11(14)3-4-13(12)18(19)20/h3-4,6,8-9,15H,2,5,7H2,1H3. The van der Waals surface area contributed by atoms with Gasteiger partial charge in [0.2, 0.25) is 0 Å². The predicted molar refractivity (Wildman–Crippen MR) is 78.0 cm³/mol. The molecule has 0 amide bonds. The lowest BCUT2D eigenvalue weighted by Gasteiger charge is -2.06. The maximum Gasteiger partial charge on any atom is 0.292 e. The molecule has 0 saturated heterocycles. The summed E-state index contributed by atoms with van der Waals surface area (Å²) in [4.78, 5) is 10.5. The second kappa shape index (κ2) is 6.38. The van der Waals surface area contributed by atoms with Crippen LogP contribution in [-0.2, 0) is 13.1 Å². The first-order chi connectivity index (χ1) is 9.60. The minimum absolute atomic E-state index is 0.00958. The van der Waals surface area contributed by atoms with E-state index in [-0.39, 0.29) is 5.69 Å². The third-order valence-corrected chi connectivity index (χ3v) is 3.01. The zero-order valence-corrected chi connectivity index (χ0v) is 11.8. The molecule has 0 saturated carbocycles. The van der Waals surface area contributed by atoms with Gasteiger partial charge >= 0.3 is 0 Å². The van der Waals surface area contributed by atoms with E-state index in [1.54, 1.807) is 12.3 Å². The highest BCUT2D eigenvalue weighted by Gasteiger charge is 2.13. The van der Waals surface area contributed by atoms with E-state index in [1.165, 1.54) is 12.1 Å². The van der Waals surface area contributed by atoms with E-state index < -0.39 is 4.92 Å². The Morgan fingerprint density at radius 1 is 1.50 bits per heavy atom. The van der Waals surface area contributed by atoms with E-state index in [9.17, 15) is 10.1 Å². The largest absolute Gasteiger partial charge is 0.375 e. The van der Waals surface area contributed by atoms with Crippen LogP contribution in [0, 0.1) is 10.1 Å². The Bertz CT molecular complexity index is 612. The van der Waals surface area contributed by atoms with Crippen LogP contribution in [0.4, 0.5) is 11.4 Å². The van der Waals surface area contributed by atoms with Gasteiger partial charge in [0.25, 0.3) is 5.69 Å². The number of halogens is 1. The average Bonchev–Trinajstić information content (AvgIpc) is 2.84. The van der Waals surface area contributed by atoms with Gasteiger partial charge in [-0.1, -0.05) is 18.5 Å². The van der Waals surface area contributed by atoms with Crippen molar-refractivity contribution in [1.82, 2.24) is 9.78 Å². The molecule has 2 aromatic rings. The number of hydrogen-bond donors (Lipinski definition) is 1. The van der Waals surface area contributed by atoms with Crippen molar-refractivity contribution in [3.05, 3.63) is 51.3 Å². The molecule has 0 aliphatic rings. The molecule has 1 N–H and O–H groups in total. The third-order valence-electron chi connectivity index (χ3n) is 2.78. The van der Waals surface area contributed by atoms with Crippen LogP contribution in [0.15, 0.2) is 30.6 Å². The number of nitro groups is 1. The van der Waals surface area contributed by atoms with Crippen molar-refractivity contribution in [3.8, 4) is 0 Å². The molecule has 0 fully saturated rings. The number of nitrogens with zero attached hydrogens (tertiary/aromatic N) is 3. The molecular weight excluding hydrogens is 280 g/mol. The summed E-state index contributed by atoms with van der Waals surface area (Å²) < 4.78 is 1.85. The summed E-state index contributed by atoms with van der Waals surface area (Å²) in [6.07, 6.45) is 4.68. The van der Waals surface area contributed by atoms with Gasteiger partial charge in [-0.2, -0.15) is 5.10 Å². The molecule has 1 heterocycles. The van der Waals surface area contributed by atoms with E-state index in [1.807, 2.05) is 10.9 Å². The molecule has 0 radical (unpaired) electrons. The smallest absolute Gasteiger partial charge is 0.292 e. The number of rotatable bonds is 6. The van der Waals surface area contributed by atoms with E-state index in [2.05, 4.69) is 17.3 Å². The first kappa shape index (κ1) is 14.3. The van der Waals surface area contributed by atoms with E-state index in [4.69, 9.17) is 11.6 Å². The van der Waals surface area contributed by atoms with Crippen molar-refractivity contribution in [1.29, 1.82) is 0 Å². The second-order valence-electron chi connectivity index (χ2n) is 4.38. The molecule has 0 unspecified atom stereocenters. The van der Waals surface area contributed by atoms with Crippen molar-refractivity contribution in [2.45, 2.75) is 26.4 Å². The summed E-state index contributed by atoms with van der Waals surface area (Å²) in [5.41, 5.74) is 1.38. The van der Waals surface area contributed by atoms with Gasteiger partial charge in [-0.25, -0.2) is 0 Å². The second-order valence-corrected chi connectivity index (χ2v) is 4.82. The first-order valence-electron chi connectivity index (χ1n) is 6.29. The van der Waals surface area contributed by atoms with Crippen LogP contribution in [0.3, 0.4) is 0 Å². The van der Waals surface area contributed by atoms with Crippen molar-refractivity contribution in [2.75, 3.05) is 5.32 Å². The number of nitrogens with one attached hydrogen (secondary N) is 1. The quantitative estimate of drug-likeness (QED) is 0.654. The molecule has 1 aromatic carbocycles. The minimum Gasteiger partial charge on any atom is -0.375 e. The van der Waals surface area contributed by atoms with Gasteiger partial charge in [-0.15, -0.1) is 0 Å². The normalized spacial score (nSPS) is 10.5. The number of benzene rings is 1. The number of hydrogen-bond acceptors (Lipinski definition) is 4. The summed E-state index contributed by atoms with van der Waals surface area (Å²) in [7, 11) is 0. The number of aromatic nitrogens is 2. The lowest BCUT2D eigenvalue weighted by molar-refractivity contribution is -0.384. The van der Waals surface area contributed by atoms with Crippen LogP contribution in [0.1, 0.15) is 18.9 Å². The molecular formula is C13H15ClN4O2. The van der Waals surface area contributed by atoms with Crippen molar-refractivity contribution in [3.63, 3.8) is 0 Å². The Labute approximate surface area is 121 Å². The SMILES string of the molecule is CCCn1cc(CNc2cc(Cl)ccc2[N+](=O)[O-])cn1. The zero-order valence-electron chi connectivity index (χ0n) is 11.0. The Hall–Kier alpha value is -2.08.